The number of tetrazole rings is 1. The first-order valence-electron chi connectivity index (χ1n) is 6.01. The molecule has 2 N–H and O–H groups in total. The molecule has 0 aromatic carbocycles. The van der Waals surface area contributed by atoms with E-state index in [1.165, 1.54) is 17.4 Å². The molecule has 1 fully saturated rings. The molecule has 2 heterocycles. The lowest BCUT2D eigenvalue weighted by Gasteiger charge is -2.35. The fourth-order valence-electron chi connectivity index (χ4n) is 2.30. The normalized spacial score (nSPS) is 20.5. The van der Waals surface area contributed by atoms with Gasteiger partial charge in [-0.1, -0.05) is 0 Å². The second kappa shape index (κ2) is 5.72. The maximum Gasteiger partial charge on any atom is 0.244 e. The molecule has 1 atom stereocenters. The van der Waals surface area contributed by atoms with Crippen molar-refractivity contribution >= 4 is 5.91 Å². The summed E-state index contributed by atoms with van der Waals surface area (Å²) in [6.45, 7) is 1.67. The molecule has 7 heteroatoms. The van der Waals surface area contributed by atoms with Gasteiger partial charge in [0.1, 0.15) is 12.9 Å². The maximum absolute atomic E-state index is 12.1. The van der Waals surface area contributed by atoms with Crippen molar-refractivity contribution in [3.05, 3.63) is 6.33 Å². The second-order valence-electron chi connectivity index (χ2n) is 4.32. The zero-order valence-electron chi connectivity index (χ0n) is 9.83. The number of likely N-dealkylation sites (tertiary alicyclic amines) is 1. The van der Waals surface area contributed by atoms with Gasteiger partial charge in [0, 0.05) is 12.6 Å². The third-order valence-electron chi connectivity index (χ3n) is 3.14. The minimum Gasteiger partial charge on any atom is -0.338 e. The quantitative estimate of drug-likeness (QED) is 0.756. The van der Waals surface area contributed by atoms with E-state index in [1.54, 1.807) is 0 Å². The maximum atomic E-state index is 12.1. The lowest BCUT2D eigenvalue weighted by Crippen LogP contribution is -2.46. The van der Waals surface area contributed by atoms with Crippen molar-refractivity contribution in [3.8, 4) is 0 Å². The topological polar surface area (TPSA) is 89.9 Å². The minimum atomic E-state index is 0.0791. The standard InChI is InChI=1S/C10H18N6O/c11-5-4-9-3-1-2-6-16(9)10(17)7-15-8-12-13-14-15/h8-9H,1-7,11H2. The smallest absolute Gasteiger partial charge is 0.244 e. The Morgan fingerprint density at radius 3 is 3.06 bits per heavy atom. The molecular weight excluding hydrogens is 220 g/mol. The Bertz CT molecular complexity index is 350. The summed E-state index contributed by atoms with van der Waals surface area (Å²) in [5.74, 6) is 0.0791. The van der Waals surface area contributed by atoms with Crippen LogP contribution in [0.15, 0.2) is 6.33 Å². The Morgan fingerprint density at radius 1 is 1.47 bits per heavy atom. The highest BCUT2D eigenvalue weighted by Crippen LogP contribution is 2.19. The Morgan fingerprint density at radius 2 is 2.35 bits per heavy atom. The molecule has 1 aromatic heterocycles. The fraction of sp³-hybridized carbons (Fsp3) is 0.800. The first-order valence-corrected chi connectivity index (χ1v) is 6.01. The third kappa shape index (κ3) is 3.00. The second-order valence-corrected chi connectivity index (χ2v) is 4.32. The summed E-state index contributed by atoms with van der Waals surface area (Å²) in [7, 11) is 0. The molecule has 1 saturated heterocycles. The molecule has 7 nitrogen and oxygen atoms in total. The van der Waals surface area contributed by atoms with Crippen LogP contribution in [0.25, 0.3) is 0 Å². The van der Waals surface area contributed by atoms with E-state index in [9.17, 15) is 4.79 Å². The molecule has 17 heavy (non-hydrogen) atoms. The molecule has 0 bridgehead atoms. The summed E-state index contributed by atoms with van der Waals surface area (Å²) in [6, 6.07) is 0.290. The highest BCUT2D eigenvalue weighted by atomic mass is 16.2. The van der Waals surface area contributed by atoms with Gasteiger partial charge in [-0.15, -0.1) is 5.10 Å². The van der Waals surface area contributed by atoms with E-state index >= 15 is 0 Å². The van der Waals surface area contributed by atoms with Gasteiger partial charge in [-0.05, 0) is 42.7 Å². The van der Waals surface area contributed by atoms with Crippen molar-refractivity contribution in [2.45, 2.75) is 38.3 Å². The van der Waals surface area contributed by atoms with E-state index in [1.807, 2.05) is 4.90 Å². The highest BCUT2D eigenvalue weighted by Gasteiger charge is 2.26. The van der Waals surface area contributed by atoms with E-state index in [4.69, 9.17) is 5.73 Å². The lowest BCUT2D eigenvalue weighted by molar-refractivity contribution is -0.135. The number of piperidine rings is 1. The number of hydrogen-bond donors (Lipinski definition) is 1. The molecule has 1 aromatic rings. The van der Waals surface area contributed by atoms with Gasteiger partial charge in [-0.3, -0.25) is 4.79 Å². The van der Waals surface area contributed by atoms with Crippen LogP contribution < -0.4 is 5.73 Å². The third-order valence-corrected chi connectivity index (χ3v) is 3.14. The molecule has 2 rings (SSSR count). The fourth-order valence-corrected chi connectivity index (χ4v) is 2.30. The molecule has 1 aliphatic rings. The summed E-state index contributed by atoms with van der Waals surface area (Å²) in [4.78, 5) is 14.0. The number of amides is 1. The zero-order valence-corrected chi connectivity index (χ0v) is 9.83. The van der Waals surface area contributed by atoms with Gasteiger partial charge in [0.25, 0.3) is 0 Å². The summed E-state index contributed by atoms with van der Waals surface area (Å²) in [6.07, 6.45) is 5.64. The Balaban J connectivity index is 1.96. The first kappa shape index (κ1) is 12.0. The molecule has 0 aliphatic carbocycles. The summed E-state index contributed by atoms with van der Waals surface area (Å²) >= 11 is 0. The average Bonchev–Trinajstić information content (AvgIpc) is 2.83. The number of nitrogens with two attached hydrogens (primary N) is 1. The molecule has 94 valence electrons. The van der Waals surface area contributed by atoms with Crippen LogP contribution in [0.5, 0.6) is 0 Å². The average molecular weight is 238 g/mol. The van der Waals surface area contributed by atoms with Gasteiger partial charge in [0.15, 0.2) is 0 Å². The number of rotatable bonds is 4. The Hall–Kier alpha value is -1.50. The summed E-state index contributed by atoms with van der Waals surface area (Å²) in [5.41, 5.74) is 5.58. The van der Waals surface area contributed by atoms with Crippen LogP contribution in [0.1, 0.15) is 25.7 Å². The molecule has 0 radical (unpaired) electrons. The van der Waals surface area contributed by atoms with Crippen molar-refractivity contribution in [3.63, 3.8) is 0 Å². The molecule has 1 amide bonds. The Labute approximate surface area is 100.0 Å². The molecule has 0 saturated carbocycles. The predicted molar refractivity (Wildman–Crippen MR) is 60.8 cm³/mol. The lowest BCUT2D eigenvalue weighted by atomic mass is 9.99. The van der Waals surface area contributed by atoms with Gasteiger partial charge in [0.05, 0.1) is 0 Å². The van der Waals surface area contributed by atoms with Crippen LogP contribution in [0.3, 0.4) is 0 Å². The summed E-state index contributed by atoms with van der Waals surface area (Å²) in [5, 5.41) is 10.7. The van der Waals surface area contributed by atoms with Gasteiger partial charge in [0.2, 0.25) is 5.91 Å². The van der Waals surface area contributed by atoms with E-state index in [2.05, 4.69) is 15.5 Å². The number of nitrogens with zero attached hydrogens (tertiary/aromatic N) is 5. The van der Waals surface area contributed by atoms with Gasteiger partial charge >= 0.3 is 0 Å². The van der Waals surface area contributed by atoms with Crippen LogP contribution >= 0.6 is 0 Å². The number of carbonyl (C=O) groups excluding carboxylic acids is 1. The molecule has 1 unspecified atom stereocenters. The zero-order chi connectivity index (χ0) is 12.1. The van der Waals surface area contributed by atoms with Crippen LogP contribution in [0, 0.1) is 0 Å². The number of hydrogen-bond acceptors (Lipinski definition) is 5. The van der Waals surface area contributed by atoms with Gasteiger partial charge in [-0.25, -0.2) is 4.68 Å². The first-order chi connectivity index (χ1) is 8.31. The number of aromatic nitrogens is 4. The van der Waals surface area contributed by atoms with E-state index < -0.39 is 0 Å². The van der Waals surface area contributed by atoms with Crippen LogP contribution in [-0.2, 0) is 11.3 Å². The largest absolute Gasteiger partial charge is 0.338 e. The molecular formula is C10H18N6O. The van der Waals surface area contributed by atoms with Crippen LogP contribution in [-0.4, -0.2) is 50.1 Å². The van der Waals surface area contributed by atoms with E-state index in [0.29, 0.717) is 6.54 Å². The van der Waals surface area contributed by atoms with E-state index in [0.717, 1.165) is 25.8 Å². The minimum absolute atomic E-state index is 0.0791. The molecule has 1 aliphatic heterocycles. The monoisotopic (exact) mass is 238 g/mol. The van der Waals surface area contributed by atoms with Gasteiger partial charge in [-0.2, -0.15) is 0 Å². The van der Waals surface area contributed by atoms with Crippen molar-refractivity contribution in [2.75, 3.05) is 13.1 Å². The van der Waals surface area contributed by atoms with Crippen molar-refractivity contribution in [1.29, 1.82) is 0 Å². The van der Waals surface area contributed by atoms with Crippen LogP contribution in [0.4, 0.5) is 0 Å². The van der Waals surface area contributed by atoms with Crippen molar-refractivity contribution in [2.24, 2.45) is 5.73 Å². The molecule has 0 spiro atoms. The summed E-state index contributed by atoms with van der Waals surface area (Å²) < 4.78 is 1.45. The predicted octanol–water partition coefficient (Wildman–Crippen LogP) is -0.597. The SMILES string of the molecule is NCCC1CCCCN1C(=O)Cn1cnnn1. The Kier molecular flexibility index (Phi) is 4.03. The highest BCUT2D eigenvalue weighted by molar-refractivity contribution is 5.76. The van der Waals surface area contributed by atoms with Crippen molar-refractivity contribution in [1.82, 2.24) is 25.1 Å². The van der Waals surface area contributed by atoms with Crippen molar-refractivity contribution < 1.29 is 4.79 Å². The number of carbonyl (C=O) groups is 1. The van der Waals surface area contributed by atoms with E-state index in [-0.39, 0.29) is 18.5 Å². The van der Waals surface area contributed by atoms with Crippen LogP contribution in [0.2, 0.25) is 0 Å². The van der Waals surface area contributed by atoms with Gasteiger partial charge < -0.3 is 10.6 Å².